The van der Waals surface area contributed by atoms with E-state index in [-0.39, 0.29) is 24.8 Å². The maximum Gasteiger partial charge on any atom is 0.389 e. The van der Waals surface area contributed by atoms with Crippen molar-refractivity contribution in [3.05, 3.63) is 35.4 Å². The zero-order valence-corrected chi connectivity index (χ0v) is 15.3. The summed E-state index contributed by atoms with van der Waals surface area (Å²) in [5.74, 6) is -0.732. The van der Waals surface area contributed by atoms with Gasteiger partial charge in [0.05, 0.1) is 0 Å². The third-order valence-corrected chi connectivity index (χ3v) is 5.09. The number of carboxylic acids is 1. The maximum absolute atomic E-state index is 12.5. The largest absolute Gasteiger partial charge is 0.481 e. The number of rotatable bonds is 8. The quantitative estimate of drug-likeness (QED) is 0.682. The van der Waals surface area contributed by atoms with Gasteiger partial charge in [0.25, 0.3) is 0 Å². The van der Waals surface area contributed by atoms with Crippen LogP contribution in [0.25, 0.3) is 0 Å². The van der Waals surface area contributed by atoms with Crippen molar-refractivity contribution < 1.29 is 23.1 Å². The van der Waals surface area contributed by atoms with Crippen LogP contribution in [0.4, 0.5) is 13.2 Å². The molecule has 0 bridgehead atoms. The van der Waals surface area contributed by atoms with Crippen molar-refractivity contribution in [3.63, 3.8) is 0 Å². The fraction of sp³-hybridized carbons (Fsp3) is 0.650. The van der Waals surface area contributed by atoms with Crippen LogP contribution in [0.15, 0.2) is 24.3 Å². The summed E-state index contributed by atoms with van der Waals surface area (Å²) in [6.45, 7) is 3.16. The first kappa shape index (κ1) is 20.7. The van der Waals surface area contributed by atoms with Gasteiger partial charge < -0.3 is 5.11 Å². The van der Waals surface area contributed by atoms with Gasteiger partial charge in [-0.1, -0.05) is 37.6 Å². The second-order valence-electron chi connectivity index (χ2n) is 7.25. The van der Waals surface area contributed by atoms with Gasteiger partial charge in [-0.2, -0.15) is 13.2 Å². The van der Waals surface area contributed by atoms with Gasteiger partial charge in [-0.3, -0.25) is 9.69 Å². The molecular formula is C20H28F3NO2. The first-order valence-electron chi connectivity index (χ1n) is 9.40. The van der Waals surface area contributed by atoms with Crippen LogP contribution in [-0.2, 0) is 11.2 Å². The number of aryl methyl sites for hydroxylation is 1. The van der Waals surface area contributed by atoms with Crippen molar-refractivity contribution in [2.45, 2.75) is 64.1 Å². The van der Waals surface area contributed by atoms with E-state index in [2.05, 4.69) is 36.1 Å². The summed E-state index contributed by atoms with van der Waals surface area (Å²) in [6, 6.07) is 8.25. The molecule has 0 saturated carbocycles. The van der Waals surface area contributed by atoms with E-state index in [1.54, 1.807) is 0 Å². The van der Waals surface area contributed by atoms with Crippen molar-refractivity contribution in [1.29, 1.82) is 0 Å². The Bertz CT molecular complexity index is 571. The molecule has 0 aromatic heterocycles. The van der Waals surface area contributed by atoms with Crippen LogP contribution in [0.3, 0.4) is 0 Å². The number of carbonyl (C=O) groups is 1. The lowest BCUT2D eigenvalue weighted by Gasteiger charge is -2.39. The monoisotopic (exact) mass is 371 g/mol. The summed E-state index contributed by atoms with van der Waals surface area (Å²) in [6.07, 6.45) is -1.22. The minimum atomic E-state index is -4.13. The molecule has 3 nitrogen and oxygen atoms in total. The zero-order chi connectivity index (χ0) is 19.2. The van der Waals surface area contributed by atoms with Crippen LogP contribution in [0.2, 0.25) is 0 Å². The molecule has 1 heterocycles. The summed E-state index contributed by atoms with van der Waals surface area (Å²) < 4.78 is 37.4. The maximum atomic E-state index is 12.5. The molecule has 0 amide bonds. The van der Waals surface area contributed by atoms with Gasteiger partial charge in [0.1, 0.15) is 0 Å². The topological polar surface area (TPSA) is 40.5 Å². The number of carboxylic acid groups (broad SMARTS) is 1. The van der Waals surface area contributed by atoms with Gasteiger partial charge in [0.15, 0.2) is 0 Å². The number of hydrogen-bond donors (Lipinski definition) is 1. The van der Waals surface area contributed by atoms with Crippen LogP contribution in [0, 0.1) is 5.92 Å². The highest BCUT2D eigenvalue weighted by Gasteiger charge is 2.32. The fourth-order valence-corrected chi connectivity index (χ4v) is 3.81. The Labute approximate surface area is 153 Å². The van der Waals surface area contributed by atoms with Gasteiger partial charge >= 0.3 is 12.1 Å². The molecule has 2 atom stereocenters. The zero-order valence-electron chi connectivity index (χ0n) is 15.3. The minimum absolute atomic E-state index is 0.00277. The predicted molar refractivity (Wildman–Crippen MR) is 95.0 cm³/mol. The lowest BCUT2D eigenvalue weighted by atomic mass is 9.84. The van der Waals surface area contributed by atoms with E-state index in [9.17, 15) is 18.0 Å². The van der Waals surface area contributed by atoms with E-state index >= 15 is 0 Å². The summed E-state index contributed by atoms with van der Waals surface area (Å²) in [5.41, 5.74) is 2.32. The van der Waals surface area contributed by atoms with E-state index in [0.29, 0.717) is 19.5 Å². The smallest absolute Gasteiger partial charge is 0.389 e. The van der Waals surface area contributed by atoms with Crippen molar-refractivity contribution in [2.24, 2.45) is 5.92 Å². The molecule has 146 valence electrons. The third-order valence-electron chi connectivity index (χ3n) is 5.09. The molecule has 0 spiro atoms. The second-order valence-corrected chi connectivity index (χ2v) is 7.25. The van der Waals surface area contributed by atoms with Gasteiger partial charge in [-0.25, -0.2) is 0 Å². The van der Waals surface area contributed by atoms with Gasteiger partial charge in [-0.05, 0) is 55.8 Å². The van der Waals surface area contributed by atoms with Crippen molar-refractivity contribution in [3.8, 4) is 0 Å². The Balaban J connectivity index is 2.08. The molecule has 1 N–H and O–H groups in total. The number of benzene rings is 1. The van der Waals surface area contributed by atoms with Crippen LogP contribution in [-0.4, -0.2) is 35.2 Å². The number of alkyl halides is 3. The van der Waals surface area contributed by atoms with E-state index in [4.69, 9.17) is 5.11 Å². The minimum Gasteiger partial charge on any atom is -0.481 e. The Morgan fingerprint density at radius 1 is 1.27 bits per heavy atom. The molecule has 1 saturated heterocycles. The third kappa shape index (κ3) is 6.63. The van der Waals surface area contributed by atoms with Crippen molar-refractivity contribution >= 4 is 5.97 Å². The molecule has 1 unspecified atom stereocenters. The Morgan fingerprint density at radius 3 is 2.54 bits per heavy atom. The molecule has 1 aromatic carbocycles. The molecule has 26 heavy (non-hydrogen) atoms. The lowest BCUT2D eigenvalue weighted by molar-refractivity contribution is -0.140. The standard InChI is InChI=1S/C20H28F3NO2/c1-2-4-15-5-7-17(8-6-15)18-13-16(14-19(25)26)9-12-24(18)11-3-10-20(21,22)23/h5-8,16,18H,2-4,9-14H2,1H3,(H,25,26)/t16-,18?/m1/s1. The van der Waals surface area contributed by atoms with Crippen LogP contribution in [0.5, 0.6) is 0 Å². The summed E-state index contributed by atoms with van der Waals surface area (Å²) >= 11 is 0. The van der Waals surface area contributed by atoms with E-state index in [1.807, 2.05) is 0 Å². The number of aliphatic carboxylic acids is 1. The molecule has 6 heteroatoms. The highest BCUT2D eigenvalue weighted by atomic mass is 19.4. The first-order valence-corrected chi connectivity index (χ1v) is 9.40. The highest BCUT2D eigenvalue weighted by Crippen LogP contribution is 2.36. The van der Waals surface area contributed by atoms with Crippen molar-refractivity contribution in [2.75, 3.05) is 13.1 Å². The van der Waals surface area contributed by atoms with E-state index in [1.165, 1.54) is 5.56 Å². The molecule has 2 rings (SSSR count). The average molecular weight is 371 g/mol. The summed E-state index contributed by atoms with van der Waals surface area (Å²) in [4.78, 5) is 13.1. The molecule has 1 fully saturated rings. The Hall–Kier alpha value is -1.56. The normalized spacial score (nSPS) is 21.7. The number of piperidine rings is 1. The molecule has 1 aliphatic heterocycles. The number of hydrogen-bond acceptors (Lipinski definition) is 2. The van der Waals surface area contributed by atoms with Gasteiger partial charge in [0.2, 0.25) is 0 Å². The number of likely N-dealkylation sites (tertiary alicyclic amines) is 1. The summed E-state index contributed by atoms with van der Waals surface area (Å²) in [5, 5.41) is 9.08. The van der Waals surface area contributed by atoms with Crippen molar-refractivity contribution in [1.82, 2.24) is 4.90 Å². The number of halogens is 3. The summed E-state index contributed by atoms with van der Waals surface area (Å²) in [7, 11) is 0. The fourth-order valence-electron chi connectivity index (χ4n) is 3.81. The van der Waals surface area contributed by atoms with Gasteiger partial charge in [-0.15, -0.1) is 0 Å². The molecule has 0 aliphatic carbocycles. The van der Waals surface area contributed by atoms with E-state index in [0.717, 1.165) is 24.8 Å². The molecule has 0 radical (unpaired) electrons. The second kappa shape index (κ2) is 9.40. The SMILES string of the molecule is CCCc1ccc(C2C[C@H](CC(=O)O)CCN2CCCC(F)(F)F)cc1. The predicted octanol–water partition coefficient (Wildman–Crippen LogP) is 5.21. The molecule has 1 aromatic rings. The first-order chi connectivity index (χ1) is 12.3. The molecule has 1 aliphatic rings. The Kier molecular flexibility index (Phi) is 7.50. The van der Waals surface area contributed by atoms with E-state index < -0.39 is 18.6 Å². The average Bonchev–Trinajstić information content (AvgIpc) is 2.55. The molecular weight excluding hydrogens is 343 g/mol. The van der Waals surface area contributed by atoms with Crippen LogP contribution in [0.1, 0.15) is 62.6 Å². The number of nitrogens with zero attached hydrogens (tertiary/aromatic N) is 1. The Morgan fingerprint density at radius 2 is 1.96 bits per heavy atom. The highest BCUT2D eigenvalue weighted by molar-refractivity contribution is 5.67. The van der Waals surface area contributed by atoms with Crippen LogP contribution >= 0.6 is 0 Å². The lowest BCUT2D eigenvalue weighted by Crippen LogP contribution is -2.38. The van der Waals surface area contributed by atoms with Crippen LogP contribution < -0.4 is 0 Å². The van der Waals surface area contributed by atoms with Gasteiger partial charge in [0, 0.05) is 18.9 Å².